The second-order valence-corrected chi connectivity index (χ2v) is 19.8. The second kappa shape index (κ2) is 19.9. The first-order valence-electron chi connectivity index (χ1n) is 21.6. The molecule has 4 bridgehead atoms. The van der Waals surface area contributed by atoms with Crippen molar-refractivity contribution in [3.8, 4) is 0 Å². The van der Waals surface area contributed by atoms with Gasteiger partial charge in [-0.3, -0.25) is 9.59 Å². The molecule has 0 saturated carbocycles. The number of hydrogen-bond donors (Lipinski definition) is 4. The van der Waals surface area contributed by atoms with Crippen molar-refractivity contribution < 1.29 is 53.8 Å². The number of rotatable bonds is 3. The van der Waals surface area contributed by atoms with Crippen LogP contribution in [0.2, 0.25) is 0 Å². The molecule has 0 amide bonds. The van der Waals surface area contributed by atoms with E-state index in [2.05, 4.69) is 35.9 Å². The molecular formula is C45H73BrO11. The summed E-state index contributed by atoms with van der Waals surface area (Å²) in [5.74, 6) is -6.69. The van der Waals surface area contributed by atoms with Crippen molar-refractivity contribution in [2.45, 2.75) is 186 Å². The van der Waals surface area contributed by atoms with Crippen molar-refractivity contribution in [2.24, 2.45) is 53.3 Å². The van der Waals surface area contributed by atoms with E-state index in [9.17, 15) is 34.8 Å². The Morgan fingerprint density at radius 3 is 2.16 bits per heavy atom. The van der Waals surface area contributed by atoms with Crippen LogP contribution in [0, 0.1) is 53.3 Å². The number of Topliss-reactive ketones (excluding diaryl/α,β-unsaturated/α-hetero) is 2. The minimum atomic E-state index is -1.95. The fourth-order valence-electron chi connectivity index (χ4n) is 9.85. The van der Waals surface area contributed by atoms with Gasteiger partial charge >= 0.3 is 5.97 Å². The van der Waals surface area contributed by atoms with E-state index in [0.29, 0.717) is 25.7 Å². The number of aliphatic hydroxyl groups excluding tert-OH is 3. The Morgan fingerprint density at radius 1 is 0.877 bits per heavy atom. The highest BCUT2D eigenvalue weighted by Crippen LogP contribution is 2.49. The lowest BCUT2D eigenvalue weighted by Crippen LogP contribution is -2.62. The molecule has 4 aliphatic heterocycles. The van der Waals surface area contributed by atoms with Gasteiger partial charge in [-0.2, -0.15) is 0 Å². The molecule has 1 spiro atoms. The van der Waals surface area contributed by atoms with Gasteiger partial charge in [-0.05, 0) is 70.1 Å². The third kappa shape index (κ3) is 10.9. The molecule has 12 heteroatoms. The van der Waals surface area contributed by atoms with Gasteiger partial charge in [-0.15, -0.1) is 0 Å². The van der Waals surface area contributed by atoms with Crippen LogP contribution in [0.3, 0.4) is 0 Å². The molecule has 0 radical (unpaired) electrons. The number of carbonyl (C=O) groups excluding carboxylic acids is 3. The van der Waals surface area contributed by atoms with Crippen molar-refractivity contribution in [3.05, 3.63) is 24.3 Å². The summed E-state index contributed by atoms with van der Waals surface area (Å²) < 4.78 is 26.6. The fraction of sp³-hybridized carbons (Fsp3) is 0.844. The van der Waals surface area contributed by atoms with Crippen molar-refractivity contribution in [3.63, 3.8) is 0 Å². The van der Waals surface area contributed by atoms with Gasteiger partial charge < -0.3 is 39.4 Å². The van der Waals surface area contributed by atoms with Gasteiger partial charge in [0.15, 0.2) is 11.6 Å². The molecule has 57 heavy (non-hydrogen) atoms. The number of alkyl halides is 1. The Balaban J connectivity index is 1.72. The van der Waals surface area contributed by atoms with Crippen molar-refractivity contribution in [1.29, 1.82) is 0 Å². The summed E-state index contributed by atoms with van der Waals surface area (Å²) in [5, 5.41) is 44.8. The predicted octanol–water partition coefficient (Wildman–Crippen LogP) is 6.50. The van der Waals surface area contributed by atoms with Crippen LogP contribution in [0.25, 0.3) is 0 Å². The molecule has 4 rings (SSSR count). The van der Waals surface area contributed by atoms with Crippen LogP contribution in [0.5, 0.6) is 0 Å². The largest absolute Gasteiger partial charge is 0.458 e. The summed E-state index contributed by atoms with van der Waals surface area (Å²) in [6, 6.07) is 0. The molecule has 0 aromatic carbocycles. The molecule has 3 saturated heterocycles. The summed E-state index contributed by atoms with van der Waals surface area (Å²) in [6.07, 6.45) is 6.28. The maximum absolute atomic E-state index is 14.0. The number of allylic oxidation sites excluding steroid dienone is 1. The van der Waals surface area contributed by atoms with Gasteiger partial charge in [-0.1, -0.05) is 96.5 Å². The van der Waals surface area contributed by atoms with Crippen LogP contribution in [0.1, 0.15) is 121 Å². The van der Waals surface area contributed by atoms with Gasteiger partial charge in [0.05, 0.1) is 42.7 Å². The number of fused-ring (bicyclic) bond motifs is 4. The number of carbonyl (C=O) groups is 3. The monoisotopic (exact) mass is 868 g/mol. The average Bonchev–Trinajstić information content (AvgIpc) is 3.16. The third-order valence-electron chi connectivity index (χ3n) is 14.1. The third-order valence-corrected chi connectivity index (χ3v) is 15.0. The molecule has 0 aromatic rings. The van der Waals surface area contributed by atoms with E-state index in [0.717, 1.165) is 19.3 Å². The maximum Gasteiger partial charge on any atom is 0.330 e. The number of ketones is 2. The molecule has 0 aliphatic carbocycles. The topological polar surface area (TPSA) is 169 Å². The maximum atomic E-state index is 14.0. The van der Waals surface area contributed by atoms with Gasteiger partial charge in [0, 0.05) is 52.8 Å². The van der Waals surface area contributed by atoms with Crippen LogP contribution in [-0.4, -0.2) is 103 Å². The number of aliphatic hydroxyl groups is 4. The Morgan fingerprint density at radius 2 is 1.53 bits per heavy atom. The first-order valence-corrected chi connectivity index (χ1v) is 22.5. The zero-order valence-electron chi connectivity index (χ0n) is 36.2. The normalized spacial score (nSPS) is 49.1. The van der Waals surface area contributed by atoms with E-state index < -0.39 is 89.2 Å². The highest BCUT2D eigenvalue weighted by Gasteiger charge is 2.56. The molecule has 0 aromatic heterocycles. The number of hydrogen-bond acceptors (Lipinski definition) is 11. The molecule has 3 unspecified atom stereocenters. The van der Waals surface area contributed by atoms with Gasteiger partial charge in [0.25, 0.3) is 0 Å². The molecule has 4 heterocycles. The molecule has 11 nitrogen and oxygen atoms in total. The summed E-state index contributed by atoms with van der Waals surface area (Å²) in [4.78, 5) is 41.1. The summed E-state index contributed by atoms with van der Waals surface area (Å²) >= 11 is 3.79. The predicted molar refractivity (Wildman–Crippen MR) is 221 cm³/mol. The number of halogens is 1. The van der Waals surface area contributed by atoms with E-state index in [1.807, 2.05) is 26.8 Å². The van der Waals surface area contributed by atoms with Gasteiger partial charge in [0.1, 0.15) is 17.5 Å². The Hall–Kier alpha value is -1.51. The van der Waals surface area contributed by atoms with Gasteiger partial charge in [0.2, 0.25) is 0 Å². The van der Waals surface area contributed by atoms with Gasteiger partial charge in [-0.25, -0.2) is 4.79 Å². The Kier molecular flexibility index (Phi) is 16.8. The second-order valence-electron chi connectivity index (χ2n) is 18.6. The van der Waals surface area contributed by atoms with E-state index in [1.165, 1.54) is 32.9 Å². The van der Waals surface area contributed by atoms with E-state index in [-0.39, 0.29) is 46.6 Å². The highest BCUT2D eigenvalue weighted by molar-refractivity contribution is 9.09. The zero-order chi connectivity index (χ0) is 42.7. The lowest BCUT2D eigenvalue weighted by atomic mass is 9.74. The quantitative estimate of drug-likeness (QED) is 0.139. The Labute approximate surface area is 349 Å². The van der Waals surface area contributed by atoms with Crippen molar-refractivity contribution in [2.75, 3.05) is 0 Å². The number of ether oxygens (including phenoxy) is 4. The lowest BCUT2D eigenvalue weighted by Gasteiger charge is -2.55. The van der Waals surface area contributed by atoms with Crippen LogP contribution in [-0.2, 0) is 33.3 Å². The smallest absolute Gasteiger partial charge is 0.330 e. The van der Waals surface area contributed by atoms with Crippen molar-refractivity contribution >= 4 is 33.5 Å². The van der Waals surface area contributed by atoms with E-state index >= 15 is 0 Å². The molecule has 326 valence electrons. The average molecular weight is 870 g/mol. The van der Waals surface area contributed by atoms with Crippen molar-refractivity contribution in [1.82, 2.24) is 0 Å². The number of esters is 1. The van der Waals surface area contributed by atoms with Crippen LogP contribution < -0.4 is 0 Å². The molecular weight excluding hydrogens is 796 g/mol. The SMILES string of the molecule is CCC1/C=C/C2OC([C@@H](C)C[C@H]2Br)[C@](C)(O)C(=O)[C@H](C)[C@@H](O)[C@H](C)C(=O)[C@H](C)[C@@H](O)[C@H](C)/C=C/C(=O)O[C@H]2[C@@H](C)[C@@H](CC1)O[C@@]1(CC[C@@H](C)[C@@H](C[C@H](C)O)O1)[C@@H]2C. The molecule has 4 N–H and O–H groups in total. The summed E-state index contributed by atoms with van der Waals surface area (Å²) in [7, 11) is 0. The highest BCUT2D eigenvalue weighted by atomic mass is 79.9. The minimum Gasteiger partial charge on any atom is -0.458 e. The Bertz CT molecular complexity index is 1430. The van der Waals surface area contributed by atoms with Crippen LogP contribution >= 0.6 is 15.9 Å². The summed E-state index contributed by atoms with van der Waals surface area (Å²) in [5.41, 5.74) is -1.95. The molecule has 4 aliphatic rings. The van der Waals surface area contributed by atoms with Crippen LogP contribution in [0.15, 0.2) is 24.3 Å². The first-order chi connectivity index (χ1) is 26.6. The zero-order valence-corrected chi connectivity index (χ0v) is 37.8. The van der Waals surface area contributed by atoms with E-state index in [1.54, 1.807) is 20.8 Å². The molecule has 3 fully saturated rings. The first kappa shape index (κ1) is 48.2. The summed E-state index contributed by atoms with van der Waals surface area (Å²) in [6.45, 7) is 19.7. The van der Waals surface area contributed by atoms with Crippen LogP contribution in [0.4, 0.5) is 0 Å². The van der Waals surface area contributed by atoms with E-state index in [4.69, 9.17) is 18.9 Å². The standard InChI is InChI=1S/C45H73BrO11/c1-12-32-14-16-34-27(6)41(31(10)45(56-34)20-19-23(2)36(57-45)22-26(5)47)55-37(48)18-13-24(3)38(49)28(7)39(50)29(8)40(51)30(9)42(52)44(11,53)43-25(4)21-33(46)35(54-43)17-15-32/h13,15,17-18,23-36,38,40-41,43,47,49,51,53H,12,14,16,19-22H2,1-11H3/b17-15+,18-13+/t23-,24-,25+,26+,27+,28-,29-,30-,31-,32?,33-,34-,35?,36-,38+,40+,41+,43?,44-,45-/m1/s1. The minimum absolute atomic E-state index is 0.0640. The lowest BCUT2D eigenvalue weighted by molar-refractivity contribution is -0.371. The molecule has 20 atom stereocenters. The fourth-order valence-corrected chi connectivity index (χ4v) is 10.7.